The fourth-order valence-electron chi connectivity index (χ4n) is 2.70. The normalized spacial score (nSPS) is 24.9. The van der Waals surface area contributed by atoms with Gasteiger partial charge in [-0.25, -0.2) is 4.79 Å². The summed E-state index contributed by atoms with van der Waals surface area (Å²) in [7, 11) is 0. The minimum absolute atomic E-state index is 0.121. The summed E-state index contributed by atoms with van der Waals surface area (Å²) in [5.41, 5.74) is -0.990. The zero-order valence-corrected chi connectivity index (χ0v) is 10.8. The maximum Gasteiger partial charge on any atom is 0.329 e. The zero-order chi connectivity index (χ0) is 13.2. The van der Waals surface area contributed by atoms with E-state index in [1.807, 2.05) is 6.92 Å². The third kappa shape index (κ3) is 2.51. The van der Waals surface area contributed by atoms with Gasteiger partial charge >= 0.3 is 5.97 Å². The minimum Gasteiger partial charge on any atom is -0.480 e. The molecule has 2 fully saturated rings. The summed E-state index contributed by atoms with van der Waals surface area (Å²) in [6, 6.07) is 0. The van der Waals surface area contributed by atoms with Crippen molar-refractivity contribution >= 4 is 11.9 Å². The highest BCUT2D eigenvalue weighted by Crippen LogP contribution is 2.33. The summed E-state index contributed by atoms with van der Waals surface area (Å²) in [6.07, 6.45) is 3.74. The quantitative estimate of drug-likeness (QED) is 0.790. The summed E-state index contributed by atoms with van der Waals surface area (Å²) >= 11 is 0. The predicted octanol–water partition coefficient (Wildman–Crippen LogP) is 1.17. The van der Waals surface area contributed by atoms with Crippen LogP contribution in [-0.4, -0.2) is 35.7 Å². The van der Waals surface area contributed by atoms with Crippen molar-refractivity contribution in [3.63, 3.8) is 0 Å². The van der Waals surface area contributed by atoms with Gasteiger partial charge in [0.2, 0.25) is 5.91 Å². The number of hydrogen-bond donors (Lipinski definition) is 2. The summed E-state index contributed by atoms with van der Waals surface area (Å²) in [5.74, 6) is -0.847. The number of rotatable bonds is 4. The lowest BCUT2D eigenvalue weighted by atomic mass is 9.76. The molecule has 5 nitrogen and oxygen atoms in total. The van der Waals surface area contributed by atoms with Gasteiger partial charge in [-0.2, -0.15) is 0 Å². The van der Waals surface area contributed by atoms with Crippen molar-refractivity contribution in [3.05, 3.63) is 0 Å². The van der Waals surface area contributed by atoms with Crippen molar-refractivity contribution in [2.24, 2.45) is 11.8 Å². The molecule has 1 aliphatic carbocycles. The molecule has 1 atom stereocenters. The van der Waals surface area contributed by atoms with Crippen LogP contribution >= 0.6 is 0 Å². The molecule has 2 aliphatic rings. The van der Waals surface area contributed by atoms with E-state index in [9.17, 15) is 14.7 Å². The molecule has 0 aromatic heterocycles. The number of aliphatic carboxylic acids is 1. The van der Waals surface area contributed by atoms with Crippen molar-refractivity contribution in [3.8, 4) is 0 Å². The second-order valence-electron chi connectivity index (χ2n) is 5.47. The Kier molecular flexibility index (Phi) is 3.90. The molecule has 1 saturated heterocycles. The summed E-state index contributed by atoms with van der Waals surface area (Å²) in [5, 5.41) is 11.9. The van der Waals surface area contributed by atoms with E-state index < -0.39 is 11.5 Å². The second kappa shape index (κ2) is 5.26. The standard InChI is InChI=1S/C13H21NO4/c1-9(10-3-7-18-8-4-10)11(15)14-13(12(16)17)5-2-6-13/h9-10H,2-8H2,1H3,(H,14,15)(H,16,17). The molecule has 0 radical (unpaired) electrons. The Balaban J connectivity index is 1.92. The molecule has 1 amide bonds. The van der Waals surface area contributed by atoms with Gasteiger partial charge < -0.3 is 15.2 Å². The van der Waals surface area contributed by atoms with E-state index in [-0.39, 0.29) is 11.8 Å². The first kappa shape index (κ1) is 13.3. The molecule has 1 heterocycles. The van der Waals surface area contributed by atoms with Crippen molar-refractivity contribution < 1.29 is 19.4 Å². The van der Waals surface area contributed by atoms with Crippen LogP contribution in [0.25, 0.3) is 0 Å². The molecular formula is C13H21NO4. The fourth-order valence-corrected chi connectivity index (χ4v) is 2.70. The third-order valence-electron chi connectivity index (χ3n) is 4.37. The maximum absolute atomic E-state index is 12.1. The molecular weight excluding hydrogens is 234 g/mol. The van der Waals surface area contributed by atoms with E-state index >= 15 is 0 Å². The lowest BCUT2D eigenvalue weighted by molar-refractivity contribution is -0.153. The van der Waals surface area contributed by atoms with Gasteiger partial charge in [-0.05, 0) is 38.0 Å². The third-order valence-corrected chi connectivity index (χ3v) is 4.37. The maximum atomic E-state index is 12.1. The predicted molar refractivity (Wildman–Crippen MR) is 65.1 cm³/mol. The van der Waals surface area contributed by atoms with Crippen LogP contribution in [-0.2, 0) is 14.3 Å². The van der Waals surface area contributed by atoms with Crippen molar-refractivity contribution in [1.29, 1.82) is 0 Å². The number of carbonyl (C=O) groups is 2. The van der Waals surface area contributed by atoms with E-state index in [1.54, 1.807) is 0 Å². The average Bonchev–Trinajstić information content (AvgIpc) is 2.33. The Hall–Kier alpha value is -1.10. The van der Waals surface area contributed by atoms with Gasteiger partial charge in [0.25, 0.3) is 0 Å². The van der Waals surface area contributed by atoms with Gasteiger partial charge in [-0.3, -0.25) is 4.79 Å². The number of carbonyl (C=O) groups excluding carboxylic acids is 1. The van der Waals surface area contributed by atoms with Crippen LogP contribution in [0.5, 0.6) is 0 Å². The monoisotopic (exact) mass is 255 g/mol. The highest BCUT2D eigenvalue weighted by Gasteiger charge is 2.46. The van der Waals surface area contributed by atoms with E-state index in [4.69, 9.17) is 4.74 Å². The van der Waals surface area contributed by atoms with Gasteiger partial charge in [0.05, 0.1) is 0 Å². The first-order valence-electron chi connectivity index (χ1n) is 6.68. The Morgan fingerprint density at radius 3 is 2.39 bits per heavy atom. The number of carboxylic acid groups (broad SMARTS) is 1. The minimum atomic E-state index is -0.990. The first-order chi connectivity index (χ1) is 8.55. The van der Waals surface area contributed by atoms with Crippen LogP contribution in [0.1, 0.15) is 39.0 Å². The molecule has 2 N–H and O–H groups in total. The Labute approximate surface area is 107 Å². The summed E-state index contributed by atoms with van der Waals surface area (Å²) in [6.45, 7) is 3.29. The first-order valence-corrected chi connectivity index (χ1v) is 6.68. The lowest BCUT2D eigenvalue weighted by Gasteiger charge is -2.39. The highest BCUT2D eigenvalue weighted by atomic mass is 16.5. The Morgan fingerprint density at radius 1 is 1.33 bits per heavy atom. The Bertz CT molecular complexity index is 332. The van der Waals surface area contributed by atoms with E-state index in [0.717, 1.165) is 19.3 Å². The molecule has 0 bridgehead atoms. The topological polar surface area (TPSA) is 75.6 Å². The van der Waals surface area contributed by atoms with Gasteiger partial charge in [-0.1, -0.05) is 6.92 Å². The summed E-state index contributed by atoms with van der Waals surface area (Å²) in [4.78, 5) is 23.3. The van der Waals surface area contributed by atoms with Crippen molar-refractivity contribution in [1.82, 2.24) is 5.32 Å². The van der Waals surface area contributed by atoms with Gasteiger partial charge in [0, 0.05) is 19.1 Å². The largest absolute Gasteiger partial charge is 0.480 e. The second-order valence-corrected chi connectivity index (χ2v) is 5.47. The molecule has 0 aromatic rings. The molecule has 1 aliphatic heterocycles. The lowest BCUT2D eigenvalue weighted by Crippen LogP contribution is -2.60. The van der Waals surface area contributed by atoms with Gasteiger partial charge in [-0.15, -0.1) is 0 Å². The molecule has 18 heavy (non-hydrogen) atoms. The Morgan fingerprint density at radius 2 is 1.94 bits per heavy atom. The van der Waals surface area contributed by atoms with E-state index in [1.165, 1.54) is 0 Å². The molecule has 0 aromatic carbocycles. The molecule has 5 heteroatoms. The van der Waals surface area contributed by atoms with Crippen LogP contribution in [0, 0.1) is 11.8 Å². The van der Waals surface area contributed by atoms with Crippen molar-refractivity contribution in [2.75, 3.05) is 13.2 Å². The van der Waals surface area contributed by atoms with Crippen LogP contribution in [0.15, 0.2) is 0 Å². The summed E-state index contributed by atoms with van der Waals surface area (Å²) < 4.78 is 5.28. The molecule has 1 unspecified atom stereocenters. The van der Waals surface area contributed by atoms with Crippen LogP contribution < -0.4 is 5.32 Å². The fraction of sp³-hybridized carbons (Fsp3) is 0.846. The zero-order valence-electron chi connectivity index (χ0n) is 10.8. The SMILES string of the molecule is CC(C(=O)NC1(C(=O)O)CCC1)C1CCOCC1. The highest BCUT2D eigenvalue weighted by molar-refractivity contribution is 5.88. The van der Waals surface area contributed by atoms with E-state index in [0.29, 0.717) is 32.0 Å². The molecule has 1 saturated carbocycles. The number of amides is 1. The van der Waals surface area contributed by atoms with Gasteiger partial charge in [0.15, 0.2) is 0 Å². The molecule has 102 valence electrons. The number of nitrogens with one attached hydrogen (secondary N) is 1. The van der Waals surface area contributed by atoms with E-state index in [2.05, 4.69) is 5.32 Å². The number of carboxylic acids is 1. The molecule has 2 rings (SSSR count). The average molecular weight is 255 g/mol. The van der Waals surface area contributed by atoms with Crippen LogP contribution in [0.3, 0.4) is 0 Å². The van der Waals surface area contributed by atoms with Crippen LogP contribution in [0.2, 0.25) is 0 Å². The smallest absolute Gasteiger partial charge is 0.329 e. The van der Waals surface area contributed by atoms with Crippen molar-refractivity contribution in [2.45, 2.75) is 44.6 Å². The van der Waals surface area contributed by atoms with Gasteiger partial charge in [0.1, 0.15) is 5.54 Å². The number of ether oxygens (including phenoxy) is 1. The number of hydrogen-bond acceptors (Lipinski definition) is 3. The molecule has 0 spiro atoms. The van der Waals surface area contributed by atoms with Crippen LogP contribution in [0.4, 0.5) is 0 Å².